The van der Waals surface area contributed by atoms with Gasteiger partial charge in [-0.2, -0.15) is 0 Å². The summed E-state index contributed by atoms with van der Waals surface area (Å²) >= 11 is 0. The molecule has 0 atom stereocenters. The van der Waals surface area contributed by atoms with Crippen LogP contribution in [0.2, 0.25) is 0 Å². The second-order valence-corrected chi connectivity index (χ2v) is 13.6. The van der Waals surface area contributed by atoms with E-state index in [2.05, 4.69) is 23.6 Å². The molecule has 2 rings (SSSR count). The highest BCUT2D eigenvalue weighted by Gasteiger charge is 2.37. The number of hydrogen-bond acceptors (Lipinski definition) is 6. The molecular formula is C28H40N2O6S. The highest BCUT2D eigenvalue weighted by molar-refractivity contribution is 7.92. The minimum atomic E-state index is -3.84. The standard InChI is InChI=1S/C28H40N2O6S/c1-26(2,3)36-25(33)28(6,7)19-27(4,5)17-9-8-10-20-11-14-22(15-12-20)37(34,35)30-23-16-13-21(18-29-23)24(31)32/h11-16,18H,8-10,17,19H2,1-7H3,(H,29,30)(H,31,32). The lowest BCUT2D eigenvalue weighted by Crippen LogP contribution is -2.36. The molecule has 0 radical (unpaired) electrons. The Kier molecular flexibility index (Phi) is 9.52. The molecule has 0 bridgehead atoms. The predicted molar refractivity (Wildman–Crippen MR) is 144 cm³/mol. The number of benzene rings is 1. The number of carbonyl (C=O) groups excluding carboxylic acids is 1. The Balaban J connectivity index is 1.87. The van der Waals surface area contributed by atoms with E-state index in [-0.39, 0.29) is 27.7 Å². The average molecular weight is 533 g/mol. The van der Waals surface area contributed by atoms with E-state index in [1.807, 2.05) is 34.6 Å². The average Bonchev–Trinajstić information content (AvgIpc) is 2.75. The van der Waals surface area contributed by atoms with Crippen molar-refractivity contribution < 1.29 is 27.9 Å². The molecule has 37 heavy (non-hydrogen) atoms. The van der Waals surface area contributed by atoms with Crippen LogP contribution in [0, 0.1) is 10.8 Å². The normalized spacial score (nSPS) is 12.7. The minimum Gasteiger partial charge on any atom is -0.478 e. The molecular weight excluding hydrogens is 492 g/mol. The van der Waals surface area contributed by atoms with E-state index < -0.39 is 27.0 Å². The molecule has 2 N–H and O–H groups in total. The number of carboxylic acids is 1. The molecule has 0 fully saturated rings. The number of sulfonamides is 1. The maximum absolute atomic E-state index is 12.6. The van der Waals surface area contributed by atoms with Gasteiger partial charge in [-0.25, -0.2) is 18.2 Å². The SMILES string of the molecule is CC(C)(CCCCc1ccc(S(=O)(=O)Nc2ccc(C(=O)O)cn2)cc1)CC(C)(C)C(=O)OC(C)(C)C. The number of esters is 1. The molecule has 1 aromatic carbocycles. The van der Waals surface area contributed by atoms with E-state index in [0.717, 1.165) is 43.9 Å². The summed E-state index contributed by atoms with van der Waals surface area (Å²) in [5.41, 5.74) is -0.0913. The Hall–Kier alpha value is -2.94. The second kappa shape index (κ2) is 11.6. The Morgan fingerprint density at radius 1 is 0.946 bits per heavy atom. The molecule has 1 aromatic heterocycles. The smallest absolute Gasteiger partial charge is 0.337 e. The van der Waals surface area contributed by atoms with Crippen molar-refractivity contribution in [1.29, 1.82) is 0 Å². The molecule has 0 aliphatic carbocycles. The van der Waals surface area contributed by atoms with Crippen LogP contribution in [0.4, 0.5) is 5.82 Å². The van der Waals surface area contributed by atoms with Crippen molar-refractivity contribution in [2.75, 3.05) is 4.72 Å². The van der Waals surface area contributed by atoms with Crippen molar-refractivity contribution >= 4 is 27.8 Å². The third-order valence-electron chi connectivity index (χ3n) is 5.92. The summed E-state index contributed by atoms with van der Waals surface area (Å²) < 4.78 is 33.2. The summed E-state index contributed by atoms with van der Waals surface area (Å²) in [5, 5.41) is 8.93. The lowest BCUT2D eigenvalue weighted by molar-refractivity contribution is -0.167. The van der Waals surface area contributed by atoms with Crippen molar-refractivity contribution in [2.45, 2.75) is 91.1 Å². The molecule has 0 aliphatic heterocycles. The summed E-state index contributed by atoms with van der Waals surface area (Å²) in [6.07, 6.45) is 5.53. The van der Waals surface area contributed by atoms with Crippen LogP contribution in [-0.2, 0) is 26.0 Å². The topological polar surface area (TPSA) is 123 Å². The number of pyridine rings is 1. The second-order valence-electron chi connectivity index (χ2n) is 11.9. The number of ether oxygens (including phenoxy) is 1. The van der Waals surface area contributed by atoms with Gasteiger partial charge in [-0.1, -0.05) is 32.4 Å². The number of rotatable bonds is 12. The molecule has 9 heteroatoms. The number of nitrogens with one attached hydrogen (secondary N) is 1. The van der Waals surface area contributed by atoms with E-state index >= 15 is 0 Å². The van der Waals surface area contributed by atoms with Crippen LogP contribution in [0.1, 0.15) is 90.1 Å². The number of nitrogens with zero attached hydrogens (tertiary/aromatic N) is 1. The minimum absolute atomic E-state index is 0.0255. The molecule has 0 saturated carbocycles. The van der Waals surface area contributed by atoms with Gasteiger partial charge in [-0.15, -0.1) is 0 Å². The first-order valence-electron chi connectivity index (χ1n) is 12.4. The highest BCUT2D eigenvalue weighted by atomic mass is 32.2. The molecule has 8 nitrogen and oxygen atoms in total. The lowest BCUT2D eigenvalue weighted by atomic mass is 9.72. The van der Waals surface area contributed by atoms with Crippen molar-refractivity contribution in [1.82, 2.24) is 4.98 Å². The van der Waals surface area contributed by atoms with Crippen LogP contribution < -0.4 is 4.72 Å². The van der Waals surface area contributed by atoms with Gasteiger partial charge in [-0.05, 0) is 95.5 Å². The largest absolute Gasteiger partial charge is 0.478 e. The van der Waals surface area contributed by atoms with Crippen molar-refractivity contribution in [3.8, 4) is 0 Å². The highest BCUT2D eigenvalue weighted by Crippen LogP contribution is 2.39. The molecule has 204 valence electrons. The van der Waals surface area contributed by atoms with Gasteiger partial charge in [-0.3, -0.25) is 9.52 Å². The summed E-state index contributed by atoms with van der Waals surface area (Å²) in [4.78, 5) is 27.5. The summed E-state index contributed by atoms with van der Waals surface area (Å²) in [7, 11) is -3.84. The van der Waals surface area contributed by atoms with Crippen LogP contribution in [0.3, 0.4) is 0 Å². The summed E-state index contributed by atoms with van der Waals surface area (Å²) in [5.74, 6) is -1.26. The monoisotopic (exact) mass is 532 g/mol. The Bertz CT molecular complexity index is 1180. The molecule has 0 saturated heterocycles. The summed E-state index contributed by atoms with van der Waals surface area (Å²) in [6, 6.07) is 9.30. The quantitative estimate of drug-likeness (QED) is 0.251. The van der Waals surface area contributed by atoms with Crippen molar-refractivity contribution in [2.24, 2.45) is 10.8 Å². The maximum atomic E-state index is 12.6. The number of aromatic carboxylic acids is 1. The van der Waals surface area contributed by atoms with Crippen LogP contribution in [0.5, 0.6) is 0 Å². The van der Waals surface area contributed by atoms with Gasteiger partial charge in [0.1, 0.15) is 11.4 Å². The predicted octanol–water partition coefficient (Wildman–Crippen LogP) is 6.08. The zero-order valence-electron chi connectivity index (χ0n) is 22.9. The van der Waals surface area contributed by atoms with Gasteiger partial charge in [0.2, 0.25) is 0 Å². The molecule has 0 spiro atoms. The van der Waals surface area contributed by atoms with Gasteiger partial charge in [0.15, 0.2) is 0 Å². The molecule has 0 unspecified atom stereocenters. The van der Waals surface area contributed by atoms with E-state index in [4.69, 9.17) is 9.84 Å². The Morgan fingerprint density at radius 2 is 1.57 bits per heavy atom. The van der Waals surface area contributed by atoms with Crippen molar-refractivity contribution in [3.05, 3.63) is 53.7 Å². The third kappa shape index (κ3) is 9.80. The van der Waals surface area contributed by atoms with Gasteiger partial charge in [0.05, 0.1) is 15.9 Å². The van der Waals surface area contributed by atoms with Gasteiger partial charge in [0.25, 0.3) is 10.0 Å². The zero-order chi connectivity index (χ0) is 28.1. The zero-order valence-corrected chi connectivity index (χ0v) is 23.7. The first kappa shape index (κ1) is 30.3. The number of unbranched alkanes of at least 4 members (excludes halogenated alkanes) is 1. The van der Waals surface area contributed by atoms with E-state index in [0.29, 0.717) is 0 Å². The Morgan fingerprint density at radius 3 is 2.08 bits per heavy atom. The fourth-order valence-electron chi connectivity index (χ4n) is 4.32. The number of aryl methyl sites for hydroxylation is 1. The summed E-state index contributed by atoms with van der Waals surface area (Å²) in [6.45, 7) is 13.9. The first-order chi connectivity index (χ1) is 16.9. The number of hydrogen-bond donors (Lipinski definition) is 2. The number of carboxylic acid groups (broad SMARTS) is 1. The molecule has 1 heterocycles. The van der Waals surface area contributed by atoms with Crippen LogP contribution in [0.25, 0.3) is 0 Å². The number of carbonyl (C=O) groups is 2. The van der Waals surface area contributed by atoms with Crippen molar-refractivity contribution in [3.63, 3.8) is 0 Å². The van der Waals surface area contributed by atoms with Gasteiger partial charge < -0.3 is 9.84 Å². The van der Waals surface area contributed by atoms with E-state index in [1.54, 1.807) is 24.3 Å². The molecule has 2 aromatic rings. The van der Waals surface area contributed by atoms with Gasteiger partial charge in [0, 0.05) is 6.20 Å². The van der Waals surface area contributed by atoms with Crippen LogP contribution >= 0.6 is 0 Å². The Labute approximate surface area is 220 Å². The van der Waals surface area contributed by atoms with Crippen LogP contribution in [0.15, 0.2) is 47.5 Å². The molecule has 0 amide bonds. The number of aromatic nitrogens is 1. The van der Waals surface area contributed by atoms with Crippen LogP contribution in [-0.4, -0.2) is 36.0 Å². The third-order valence-corrected chi connectivity index (χ3v) is 7.29. The number of anilines is 1. The fourth-order valence-corrected chi connectivity index (χ4v) is 5.33. The van der Waals surface area contributed by atoms with E-state index in [9.17, 15) is 18.0 Å². The van der Waals surface area contributed by atoms with E-state index in [1.165, 1.54) is 12.1 Å². The molecule has 0 aliphatic rings. The first-order valence-corrected chi connectivity index (χ1v) is 13.9. The lowest BCUT2D eigenvalue weighted by Gasteiger charge is -2.35. The fraction of sp³-hybridized carbons (Fsp3) is 0.536. The maximum Gasteiger partial charge on any atom is 0.337 e. The van der Waals surface area contributed by atoms with Gasteiger partial charge >= 0.3 is 11.9 Å².